The van der Waals surface area contributed by atoms with E-state index in [1.54, 1.807) is 60.7 Å². The number of rotatable bonds is 6. The number of amides is 4. The first-order valence-corrected chi connectivity index (χ1v) is 17.2. The number of nitrogens with one attached hydrogen (secondary N) is 1. The number of aromatic hydroxyl groups is 1. The highest BCUT2D eigenvalue weighted by molar-refractivity contribution is 6.31. The molecule has 1 saturated carbocycles. The Labute approximate surface area is 302 Å². The lowest BCUT2D eigenvalue weighted by molar-refractivity contribution is -0.138. The zero-order chi connectivity index (χ0) is 35.8. The Morgan fingerprint density at radius 1 is 0.843 bits per heavy atom. The number of hydrazine groups is 1. The van der Waals surface area contributed by atoms with Crippen LogP contribution in [0.15, 0.2) is 103 Å². The van der Waals surface area contributed by atoms with Crippen molar-refractivity contribution >= 4 is 58.2 Å². The summed E-state index contributed by atoms with van der Waals surface area (Å²) < 4.78 is 19.7. The van der Waals surface area contributed by atoms with Gasteiger partial charge in [0.2, 0.25) is 11.8 Å². The highest BCUT2D eigenvalue weighted by atomic mass is 35.5. The minimum Gasteiger partial charge on any atom is -0.508 e. The van der Waals surface area contributed by atoms with Gasteiger partial charge in [0, 0.05) is 21.5 Å². The van der Waals surface area contributed by atoms with E-state index in [0.29, 0.717) is 32.6 Å². The van der Waals surface area contributed by atoms with Crippen molar-refractivity contribution in [3.05, 3.63) is 130 Å². The molecule has 4 amide bonds. The average Bonchev–Trinajstić information content (AvgIpc) is 3.50. The molecule has 12 heteroatoms. The number of carbonyl (C=O) groups is 4. The highest BCUT2D eigenvalue weighted by Gasteiger charge is 2.71. The van der Waals surface area contributed by atoms with Gasteiger partial charge in [-0.05, 0) is 97.1 Å². The lowest BCUT2D eigenvalue weighted by atomic mass is 9.49. The van der Waals surface area contributed by atoms with Crippen molar-refractivity contribution in [3.63, 3.8) is 0 Å². The largest absolute Gasteiger partial charge is 0.508 e. The number of hydrogen-bond acceptors (Lipinski definition) is 7. The maximum Gasteiger partial charge on any atom is 0.260 e. The Morgan fingerprint density at radius 2 is 1.51 bits per heavy atom. The first kappa shape index (κ1) is 33.0. The van der Waals surface area contributed by atoms with Crippen LogP contribution in [0.5, 0.6) is 11.5 Å². The van der Waals surface area contributed by atoms with Crippen LogP contribution in [0, 0.1) is 29.5 Å². The Morgan fingerprint density at radius 3 is 2.18 bits per heavy atom. The van der Waals surface area contributed by atoms with Crippen LogP contribution in [0.3, 0.4) is 0 Å². The molecule has 2 N–H and O–H groups in total. The fourth-order valence-electron chi connectivity index (χ4n) is 8.81. The van der Waals surface area contributed by atoms with Crippen molar-refractivity contribution in [2.75, 3.05) is 17.4 Å². The number of anilines is 2. The van der Waals surface area contributed by atoms with E-state index < -0.39 is 58.5 Å². The van der Waals surface area contributed by atoms with Crippen LogP contribution in [-0.4, -0.2) is 40.9 Å². The van der Waals surface area contributed by atoms with Gasteiger partial charge in [0.15, 0.2) is 0 Å². The van der Waals surface area contributed by atoms with Gasteiger partial charge in [-0.3, -0.25) is 29.5 Å². The summed E-state index contributed by atoms with van der Waals surface area (Å²) in [6.45, 7) is 0. The fraction of sp³-hybridized carbons (Fsp3) is 0.231. The molecule has 4 aromatic rings. The number of allylic oxidation sites excluding steroid dienone is 2. The monoisotopic (exact) mass is 725 g/mol. The number of phenols is 1. The van der Waals surface area contributed by atoms with Crippen molar-refractivity contribution in [1.29, 1.82) is 0 Å². The van der Waals surface area contributed by atoms with Crippen molar-refractivity contribution in [2.45, 2.75) is 24.2 Å². The summed E-state index contributed by atoms with van der Waals surface area (Å²) in [6.07, 6.45) is 2.13. The molecule has 8 rings (SSSR count). The van der Waals surface area contributed by atoms with Gasteiger partial charge in [-0.15, -0.1) is 0 Å². The minimum absolute atomic E-state index is 0.0433. The van der Waals surface area contributed by atoms with E-state index >= 15 is 4.79 Å². The van der Waals surface area contributed by atoms with E-state index in [0.717, 1.165) is 5.01 Å². The number of carbonyl (C=O) groups excluding carboxylic acids is 4. The number of phenolic OH excluding ortho intramolecular Hbond substituents is 1. The summed E-state index contributed by atoms with van der Waals surface area (Å²) in [5, 5.41) is 13.4. The van der Waals surface area contributed by atoms with Gasteiger partial charge in [-0.2, -0.15) is 5.01 Å². The number of halogens is 3. The summed E-state index contributed by atoms with van der Waals surface area (Å²) in [5.41, 5.74) is 3.30. The summed E-state index contributed by atoms with van der Waals surface area (Å²) in [7, 11) is 1.45. The zero-order valence-electron chi connectivity index (χ0n) is 27.1. The Kier molecular flexibility index (Phi) is 7.92. The second-order valence-corrected chi connectivity index (χ2v) is 14.1. The molecule has 6 unspecified atom stereocenters. The molecule has 6 atom stereocenters. The third kappa shape index (κ3) is 4.87. The molecule has 9 nitrogen and oxygen atoms in total. The number of imide groups is 2. The summed E-state index contributed by atoms with van der Waals surface area (Å²) in [6, 6.07) is 23.1. The Hall–Kier alpha value is -5.19. The van der Waals surface area contributed by atoms with Crippen molar-refractivity contribution < 1.29 is 33.4 Å². The summed E-state index contributed by atoms with van der Waals surface area (Å²) in [4.78, 5) is 59.6. The molecule has 4 aliphatic rings. The van der Waals surface area contributed by atoms with Crippen LogP contribution in [0.1, 0.15) is 29.9 Å². The van der Waals surface area contributed by atoms with Gasteiger partial charge >= 0.3 is 0 Å². The number of benzene rings is 4. The fourth-order valence-corrected chi connectivity index (χ4v) is 9.07. The minimum atomic E-state index is -1.67. The molecule has 2 heterocycles. The van der Waals surface area contributed by atoms with E-state index in [1.165, 1.54) is 42.3 Å². The molecule has 0 aromatic heterocycles. The molecule has 0 bridgehead atoms. The van der Waals surface area contributed by atoms with Crippen LogP contribution in [0.2, 0.25) is 10.0 Å². The molecule has 2 aliphatic heterocycles. The Bertz CT molecular complexity index is 2140. The highest BCUT2D eigenvalue weighted by Crippen LogP contribution is 2.66. The maximum absolute atomic E-state index is 15.3. The van der Waals surface area contributed by atoms with Crippen LogP contribution in [0.25, 0.3) is 0 Å². The topological polar surface area (TPSA) is 116 Å². The zero-order valence-corrected chi connectivity index (χ0v) is 28.6. The van der Waals surface area contributed by atoms with E-state index in [1.807, 2.05) is 6.08 Å². The SMILES string of the molecule is COc1cccc(O)c1C1C2=CCC3C(=O)N(c4ccc(Cl)cc4)C(=O)C3C2CC2C(=O)N(Nc3ccc(F)cc3)C(=O)C21c1ccc(Cl)cc1. The van der Waals surface area contributed by atoms with Crippen molar-refractivity contribution in [3.8, 4) is 11.5 Å². The number of nitrogens with zero attached hydrogens (tertiary/aromatic N) is 2. The molecule has 0 radical (unpaired) electrons. The van der Waals surface area contributed by atoms with Crippen molar-refractivity contribution in [1.82, 2.24) is 5.01 Å². The third-order valence-corrected chi connectivity index (χ3v) is 11.4. The smallest absolute Gasteiger partial charge is 0.260 e. The van der Waals surface area contributed by atoms with Gasteiger partial charge in [0.05, 0.1) is 41.7 Å². The van der Waals surface area contributed by atoms with E-state index in [-0.39, 0.29) is 35.8 Å². The molecule has 2 saturated heterocycles. The first-order chi connectivity index (χ1) is 24.6. The quantitative estimate of drug-likeness (QED) is 0.162. The predicted octanol–water partition coefficient (Wildman–Crippen LogP) is 7.04. The maximum atomic E-state index is 15.3. The van der Waals surface area contributed by atoms with E-state index in [9.17, 15) is 23.9 Å². The van der Waals surface area contributed by atoms with Crippen LogP contribution in [0.4, 0.5) is 15.8 Å². The molecule has 4 aromatic carbocycles. The lowest BCUT2D eigenvalue weighted by Crippen LogP contribution is -2.53. The van der Waals surface area contributed by atoms with Crippen LogP contribution >= 0.6 is 23.2 Å². The second kappa shape index (κ2) is 12.2. The Balaban J connectivity index is 1.35. The molecule has 51 heavy (non-hydrogen) atoms. The van der Waals surface area contributed by atoms with Gasteiger partial charge < -0.3 is 9.84 Å². The second-order valence-electron chi connectivity index (χ2n) is 13.3. The lowest BCUT2D eigenvalue weighted by Gasteiger charge is -2.50. The first-order valence-electron chi connectivity index (χ1n) is 16.4. The third-order valence-electron chi connectivity index (χ3n) is 10.9. The normalized spacial score (nSPS) is 26.8. The van der Waals surface area contributed by atoms with Gasteiger partial charge in [0.25, 0.3) is 11.8 Å². The van der Waals surface area contributed by atoms with Gasteiger partial charge in [0.1, 0.15) is 17.3 Å². The number of ether oxygens (including phenoxy) is 1. The van der Waals surface area contributed by atoms with Crippen LogP contribution in [-0.2, 0) is 24.6 Å². The summed E-state index contributed by atoms with van der Waals surface area (Å²) in [5.74, 6) is -6.68. The number of methoxy groups -OCH3 is 1. The summed E-state index contributed by atoms with van der Waals surface area (Å²) >= 11 is 12.5. The van der Waals surface area contributed by atoms with Crippen LogP contribution < -0.4 is 15.1 Å². The molecular weight excluding hydrogens is 696 g/mol. The van der Waals surface area contributed by atoms with Gasteiger partial charge in [-0.1, -0.05) is 53.1 Å². The van der Waals surface area contributed by atoms with Crippen molar-refractivity contribution in [2.24, 2.45) is 23.7 Å². The molecule has 258 valence electrons. The molecule has 2 aliphatic carbocycles. The van der Waals surface area contributed by atoms with E-state index in [2.05, 4.69) is 5.43 Å². The number of fused-ring (bicyclic) bond motifs is 4. The number of hydrogen-bond donors (Lipinski definition) is 2. The molecule has 0 spiro atoms. The standard InChI is InChI=1S/C39H30Cl2FN3O6/c1-51-31-4-2-3-30(46)33(31)34-26-17-18-27-32(37(49)44(35(27)47)25-15-9-22(41)10-16-25)28(26)19-29-36(48)45(43-24-13-11-23(42)12-14-24)38(50)39(29,34)20-5-7-21(40)8-6-20/h2-17,27-29,32,34,43,46H,18-19H2,1H3. The average molecular weight is 727 g/mol. The van der Waals surface area contributed by atoms with E-state index in [4.69, 9.17) is 27.9 Å². The molecule has 3 fully saturated rings. The predicted molar refractivity (Wildman–Crippen MR) is 188 cm³/mol. The van der Waals surface area contributed by atoms with Gasteiger partial charge in [-0.25, -0.2) is 4.39 Å². The molecular formula is C39H30Cl2FN3O6.